The third-order valence-corrected chi connectivity index (χ3v) is 4.79. The molecule has 1 aromatic heterocycles. The second kappa shape index (κ2) is 6.60. The van der Waals surface area contributed by atoms with E-state index >= 15 is 0 Å². The van der Waals surface area contributed by atoms with Gasteiger partial charge in [-0.25, -0.2) is 0 Å². The summed E-state index contributed by atoms with van der Waals surface area (Å²) in [5, 5.41) is 3.13. The van der Waals surface area contributed by atoms with Crippen molar-refractivity contribution in [3.05, 3.63) is 24.3 Å². The number of rotatable bonds is 4. The molecule has 0 radical (unpaired) electrons. The standard InChI is InChI=1S/C18H25N3O2/c1-12(2)13(3)19-17(22)14-8-10-21(11-9-14)18-20-15-6-4-5-7-16(15)23-18/h4-7,12-14H,8-11H2,1-3H3,(H,19,22)/t13-/m1/s1. The third kappa shape index (κ3) is 3.49. The molecule has 2 aromatic rings. The molecule has 0 saturated carbocycles. The highest BCUT2D eigenvalue weighted by atomic mass is 16.4. The van der Waals surface area contributed by atoms with Gasteiger partial charge in [0.15, 0.2) is 5.58 Å². The Morgan fingerprint density at radius 2 is 1.96 bits per heavy atom. The molecule has 0 aliphatic carbocycles. The molecule has 1 atom stereocenters. The van der Waals surface area contributed by atoms with Crippen LogP contribution in [0.5, 0.6) is 0 Å². The molecule has 5 nitrogen and oxygen atoms in total. The zero-order valence-corrected chi connectivity index (χ0v) is 14.1. The van der Waals surface area contributed by atoms with Gasteiger partial charge in [-0.1, -0.05) is 26.0 Å². The summed E-state index contributed by atoms with van der Waals surface area (Å²) >= 11 is 0. The van der Waals surface area contributed by atoms with Crippen molar-refractivity contribution < 1.29 is 9.21 Å². The fourth-order valence-corrected chi connectivity index (χ4v) is 2.84. The van der Waals surface area contributed by atoms with Crippen molar-refractivity contribution in [1.29, 1.82) is 0 Å². The monoisotopic (exact) mass is 315 g/mol. The number of nitrogens with zero attached hydrogens (tertiary/aromatic N) is 2. The predicted octanol–water partition coefficient (Wildman–Crippen LogP) is 3.20. The molecule has 1 amide bonds. The molecule has 1 saturated heterocycles. The number of carbonyl (C=O) groups is 1. The Hall–Kier alpha value is -2.04. The number of fused-ring (bicyclic) bond motifs is 1. The number of hydrogen-bond donors (Lipinski definition) is 1. The van der Waals surface area contributed by atoms with Crippen molar-refractivity contribution in [3.63, 3.8) is 0 Å². The van der Waals surface area contributed by atoms with E-state index in [2.05, 4.69) is 36.0 Å². The van der Waals surface area contributed by atoms with E-state index in [0.717, 1.165) is 37.0 Å². The van der Waals surface area contributed by atoms with Crippen LogP contribution in [-0.2, 0) is 4.79 Å². The van der Waals surface area contributed by atoms with Gasteiger partial charge >= 0.3 is 0 Å². The molecule has 0 bridgehead atoms. The normalized spacial score (nSPS) is 17.7. The van der Waals surface area contributed by atoms with Crippen LogP contribution < -0.4 is 10.2 Å². The number of aromatic nitrogens is 1. The van der Waals surface area contributed by atoms with Gasteiger partial charge in [0.25, 0.3) is 6.01 Å². The number of amides is 1. The number of para-hydroxylation sites is 2. The summed E-state index contributed by atoms with van der Waals surface area (Å²) < 4.78 is 5.81. The molecule has 2 heterocycles. The number of benzene rings is 1. The second-order valence-corrected chi connectivity index (χ2v) is 6.77. The average molecular weight is 315 g/mol. The molecule has 0 unspecified atom stereocenters. The van der Waals surface area contributed by atoms with Gasteiger partial charge in [0.05, 0.1) is 0 Å². The van der Waals surface area contributed by atoms with Crippen LogP contribution in [0.3, 0.4) is 0 Å². The Balaban J connectivity index is 1.58. The fourth-order valence-electron chi connectivity index (χ4n) is 2.84. The van der Waals surface area contributed by atoms with Crippen LogP contribution in [0.4, 0.5) is 6.01 Å². The SMILES string of the molecule is CC(C)[C@@H](C)NC(=O)C1CCN(c2nc3ccccc3o2)CC1. The first-order valence-electron chi connectivity index (χ1n) is 8.45. The molecular weight excluding hydrogens is 290 g/mol. The van der Waals surface area contributed by atoms with Gasteiger partial charge in [-0.05, 0) is 37.8 Å². The van der Waals surface area contributed by atoms with Gasteiger partial charge < -0.3 is 14.6 Å². The largest absolute Gasteiger partial charge is 0.423 e. The smallest absolute Gasteiger partial charge is 0.298 e. The van der Waals surface area contributed by atoms with Gasteiger partial charge in [0, 0.05) is 25.0 Å². The topological polar surface area (TPSA) is 58.4 Å². The number of anilines is 1. The molecule has 1 aliphatic heterocycles. The summed E-state index contributed by atoms with van der Waals surface area (Å²) in [6.45, 7) is 7.93. The average Bonchev–Trinajstić information content (AvgIpc) is 2.98. The molecular formula is C18H25N3O2. The van der Waals surface area contributed by atoms with Crippen LogP contribution in [0.25, 0.3) is 11.1 Å². The first-order valence-corrected chi connectivity index (χ1v) is 8.45. The molecule has 5 heteroatoms. The van der Waals surface area contributed by atoms with Gasteiger partial charge in [-0.15, -0.1) is 0 Å². The zero-order chi connectivity index (χ0) is 16.4. The summed E-state index contributed by atoms with van der Waals surface area (Å²) in [6, 6.07) is 8.68. The first kappa shape index (κ1) is 15.8. The third-order valence-electron chi connectivity index (χ3n) is 4.79. The highest BCUT2D eigenvalue weighted by Crippen LogP contribution is 2.26. The number of nitrogens with one attached hydrogen (secondary N) is 1. The van der Waals surface area contributed by atoms with Crippen LogP contribution >= 0.6 is 0 Å². The number of carbonyl (C=O) groups excluding carboxylic acids is 1. The van der Waals surface area contributed by atoms with E-state index in [4.69, 9.17) is 4.42 Å². The van der Waals surface area contributed by atoms with E-state index in [1.165, 1.54) is 0 Å². The molecule has 1 fully saturated rings. The van der Waals surface area contributed by atoms with E-state index in [0.29, 0.717) is 11.9 Å². The molecule has 124 valence electrons. The van der Waals surface area contributed by atoms with Crippen molar-refractivity contribution in [1.82, 2.24) is 10.3 Å². The minimum atomic E-state index is 0.0943. The summed E-state index contributed by atoms with van der Waals surface area (Å²) in [4.78, 5) is 19.0. The van der Waals surface area contributed by atoms with E-state index in [-0.39, 0.29) is 17.9 Å². The summed E-state index contributed by atoms with van der Waals surface area (Å²) in [6.07, 6.45) is 1.69. The van der Waals surface area contributed by atoms with Gasteiger partial charge in [0.1, 0.15) is 5.52 Å². The number of oxazole rings is 1. The lowest BCUT2D eigenvalue weighted by Gasteiger charge is -2.31. The van der Waals surface area contributed by atoms with Crippen LogP contribution in [0, 0.1) is 11.8 Å². The van der Waals surface area contributed by atoms with Gasteiger partial charge in [0.2, 0.25) is 5.91 Å². The zero-order valence-electron chi connectivity index (χ0n) is 14.1. The number of piperidine rings is 1. The minimum Gasteiger partial charge on any atom is -0.423 e. The molecule has 0 spiro atoms. The quantitative estimate of drug-likeness (QED) is 0.941. The Labute approximate surface area is 137 Å². The van der Waals surface area contributed by atoms with E-state index < -0.39 is 0 Å². The Bertz CT molecular complexity index is 639. The lowest BCUT2D eigenvalue weighted by molar-refractivity contribution is -0.126. The van der Waals surface area contributed by atoms with Gasteiger partial charge in [-0.3, -0.25) is 4.79 Å². The van der Waals surface area contributed by atoms with E-state index in [1.54, 1.807) is 0 Å². The Morgan fingerprint density at radius 1 is 1.26 bits per heavy atom. The van der Waals surface area contributed by atoms with Crippen molar-refractivity contribution in [2.24, 2.45) is 11.8 Å². The van der Waals surface area contributed by atoms with E-state index in [9.17, 15) is 4.79 Å². The van der Waals surface area contributed by atoms with Crippen molar-refractivity contribution in [2.45, 2.75) is 39.7 Å². The highest BCUT2D eigenvalue weighted by Gasteiger charge is 2.28. The lowest BCUT2D eigenvalue weighted by Crippen LogP contribution is -2.44. The predicted molar refractivity (Wildman–Crippen MR) is 91.4 cm³/mol. The molecule has 23 heavy (non-hydrogen) atoms. The Morgan fingerprint density at radius 3 is 2.61 bits per heavy atom. The second-order valence-electron chi connectivity index (χ2n) is 6.77. The van der Waals surface area contributed by atoms with E-state index in [1.807, 2.05) is 24.3 Å². The molecule has 3 rings (SSSR count). The Kier molecular flexibility index (Phi) is 4.55. The van der Waals surface area contributed by atoms with Crippen LogP contribution in [0.15, 0.2) is 28.7 Å². The van der Waals surface area contributed by atoms with Crippen molar-refractivity contribution in [2.75, 3.05) is 18.0 Å². The van der Waals surface area contributed by atoms with Crippen molar-refractivity contribution >= 4 is 23.0 Å². The highest BCUT2D eigenvalue weighted by molar-refractivity contribution is 5.79. The fraction of sp³-hybridized carbons (Fsp3) is 0.556. The molecule has 1 aromatic carbocycles. The molecule has 1 aliphatic rings. The van der Waals surface area contributed by atoms with Crippen molar-refractivity contribution in [3.8, 4) is 0 Å². The summed E-state index contributed by atoms with van der Waals surface area (Å²) in [7, 11) is 0. The van der Waals surface area contributed by atoms with Crippen LogP contribution in [0.2, 0.25) is 0 Å². The molecule has 1 N–H and O–H groups in total. The van der Waals surface area contributed by atoms with Crippen LogP contribution in [0.1, 0.15) is 33.6 Å². The lowest BCUT2D eigenvalue weighted by atomic mass is 9.95. The summed E-state index contributed by atoms with van der Waals surface area (Å²) in [5.74, 6) is 0.735. The number of hydrogen-bond acceptors (Lipinski definition) is 4. The maximum Gasteiger partial charge on any atom is 0.298 e. The summed E-state index contributed by atoms with van der Waals surface area (Å²) in [5.41, 5.74) is 1.70. The maximum atomic E-state index is 12.3. The minimum absolute atomic E-state index is 0.0943. The first-order chi connectivity index (χ1) is 11.0. The maximum absolute atomic E-state index is 12.3. The van der Waals surface area contributed by atoms with Gasteiger partial charge in [-0.2, -0.15) is 4.98 Å². The van der Waals surface area contributed by atoms with Crippen LogP contribution in [-0.4, -0.2) is 30.0 Å².